The van der Waals surface area contributed by atoms with Crippen LogP contribution in [0.3, 0.4) is 0 Å². The minimum absolute atomic E-state index is 0.890. The first kappa shape index (κ1) is 21.1. The van der Waals surface area contributed by atoms with Crippen LogP contribution in [0.1, 0.15) is 11.1 Å². The second kappa shape index (κ2) is 10.2. The van der Waals surface area contributed by atoms with E-state index in [0.29, 0.717) is 0 Å². The van der Waals surface area contributed by atoms with E-state index in [1.165, 1.54) is 0 Å². The van der Waals surface area contributed by atoms with Gasteiger partial charge < -0.3 is 10.6 Å². The van der Waals surface area contributed by atoms with Crippen molar-refractivity contribution >= 4 is 35.2 Å². The normalized spacial score (nSPS) is 11.2. The van der Waals surface area contributed by atoms with E-state index >= 15 is 0 Å². The Kier molecular flexibility index (Phi) is 6.73. The van der Waals surface area contributed by atoms with Gasteiger partial charge in [0.1, 0.15) is 0 Å². The van der Waals surface area contributed by atoms with Crippen LogP contribution < -0.4 is 10.6 Å². The van der Waals surface area contributed by atoms with Crippen LogP contribution in [0.2, 0.25) is 0 Å². The lowest BCUT2D eigenvalue weighted by molar-refractivity contribution is 1.43. The number of nitrogens with zero attached hydrogens (tertiary/aromatic N) is 2. The molecule has 0 heterocycles. The number of rotatable bonds is 7. The van der Waals surface area contributed by atoms with Crippen molar-refractivity contribution in [3.63, 3.8) is 0 Å². The van der Waals surface area contributed by atoms with Crippen LogP contribution in [-0.2, 0) is 0 Å². The van der Waals surface area contributed by atoms with Crippen molar-refractivity contribution in [1.82, 2.24) is 0 Å². The Balaban J connectivity index is 1.68. The molecule has 0 bridgehead atoms. The summed E-state index contributed by atoms with van der Waals surface area (Å²) in [5, 5.41) is 6.46. The van der Waals surface area contributed by atoms with Gasteiger partial charge in [-0.25, -0.2) is 0 Å². The molecule has 0 saturated heterocycles. The van der Waals surface area contributed by atoms with Gasteiger partial charge in [-0.1, -0.05) is 72.8 Å². The fourth-order valence-corrected chi connectivity index (χ4v) is 3.43. The Morgan fingerprint density at radius 2 is 0.938 bits per heavy atom. The standard InChI is InChI=1S/C28H26N4/c1-29-25-15-13-23(17-27(25)31-19-21-9-5-3-6-10-21)24-14-16-26(30-2)28(18-24)32-20-22-11-7-4-8-12-22/h3-20,29-30H,1-2H3/b31-19-,32-20-. The molecule has 2 N–H and O–H groups in total. The first-order valence-electron chi connectivity index (χ1n) is 10.6. The Labute approximate surface area is 189 Å². The van der Waals surface area contributed by atoms with Crippen LogP contribution in [0, 0.1) is 0 Å². The molecule has 0 unspecified atom stereocenters. The van der Waals surface area contributed by atoms with Crippen molar-refractivity contribution in [3.05, 3.63) is 108 Å². The molecule has 0 aromatic heterocycles. The summed E-state index contributed by atoms with van der Waals surface area (Å²) >= 11 is 0. The average molecular weight is 419 g/mol. The fourth-order valence-electron chi connectivity index (χ4n) is 3.43. The van der Waals surface area contributed by atoms with Crippen LogP contribution in [-0.4, -0.2) is 26.5 Å². The molecule has 4 heteroatoms. The molecule has 4 aromatic carbocycles. The van der Waals surface area contributed by atoms with Crippen molar-refractivity contribution in [3.8, 4) is 11.1 Å². The lowest BCUT2D eigenvalue weighted by atomic mass is 10.0. The number of hydrogen-bond donors (Lipinski definition) is 2. The molecule has 0 spiro atoms. The van der Waals surface area contributed by atoms with Gasteiger partial charge >= 0.3 is 0 Å². The zero-order chi connectivity index (χ0) is 22.2. The van der Waals surface area contributed by atoms with E-state index in [9.17, 15) is 0 Å². The SMILES string of the molecule is CNc1ccc(-c2ccc(NC)c(/N=C\c3ccccc3)c2)cc1/N=C\c1ccccc1. The molecule has 0 amide bonds. The van der Waals surface area contributed by atoms with Crippen LogP contribution in [0.15, 0.2) is 107 Å². The molecule has 0 fully saturated rings. The average Bonchev–Trinajstić information content (AvgIpc) is 2.87. The molecule has 158 valence electrons. The number of benzene rings is 4. The number of anilines is 2. The molecule has 0 radical (unpaired) electrons. The Bertz CT molecular complexity index is 1130. The third kappa shape index (κ3) is 5.10. The minimum Gasteiger partial charge on any atom is -0.386 e. The molecule has 4 rings (SSSR count). The van der Waals surface area contributed by atoms with Gasteiger partial charge in [0.25, 0.3) is 0 Å². The highest BCUT2D eigenvalue weighted by atomic mass is 14.9. The first-order chi connectivity index (χ1) is 15.8. The maximum absolute atomic E-state index is 4.74. The molecule has 4 nitrogen and oxygen atoms in total. The molecule has 4 aromatic rings. The smallest absolute Gasteiger partial charge is 0.0867 e. The first-order valence-corrected chi connectivity index (χ1v) is 10.6. The molecule has 0 atom stereocenters. The van der Waals surface area contributed by atoms with Crippen LogP contribution >= 0.6 is 0 Å². The molecule has 0 saturated carbocycles. The number of nitrogens with one attached hydrogen (secondary N) is 2. The third-order valence-corrected chi connectivity index (χ3v) is 5.17. The lowest BCUT2D eigenvalue weighted by Crippen LogP contribution is -1.91. The van der Waals surface area contributed by atoms with E-state index in [2.05, 4.69) is 47.0 Å². The number of hydrogen-bond acceptors (Lipinski definition) is 4. The maximum Gasteiger partial charge on any atom is 0.0867 e. The second-order valence-electron chi connectivity index (χ2n) is 7.30. The van der Waals surface area contributed by atoms with Gasteiger partial charge in [-0.05, 0) is 46.5 Å². The van der Waals surface area contributed by atoms with E-state index in [1.54, 1.807) is 0 Å². The summed E-state index contributed by atoms with van der Waals surface area (Å²) < 4.78 is 0. The highest BCUT2D eigenvalue weighted by Crippen LogP contribution is 2.35. The van der Waals surface area contributed by atoms with E-state index in [-0.39, 0.29) is 0 Å². The monoisotopic (exact) mass is 418 g/mol. The van der Waals surface area contributed by atoms with Gasteiger partial charge in [0.2, 0.25) is 0 Å². The van der Waals surface area contributed by atoms with Gasteiger partial charge in [-0.2, -0.15) is 0 Å². The van der Waals surface area contributed by atoms with Crippen molar-refractivity contribution in [1.29, 1.82) is 0 Å². The summed E-state index contributed by atoms with van der Waals surface area (Å²) in [7, 11) is 3.82. The van der Waals surface area contributed by atoms with Crippen molar-refractivity contribution < 1.29 is 0 Å². The predicted octanol–water partition coefficient (Wildman–Crippen LogP) is 6.94. The summed E-state index contributed by atoms with van der Waals surface area (Å²) in [5.41, 5.74) is 8.05. The van der Waals surface area contributed by atoms with E-state index in [0.717, 1.165) is 45.0 Å². The second-order valence-corrected chi connectivity index (χ2v) is 7.30. The predicted molar refractivity (Wildman–Crippen MR) is 138 cm³/mol. The molecule has 0 aliphatic carbocycles. The van der Waals surface area contributed by atoms with Gasteiger partial charge in [0, 0.05) is 26.5 Å². The van der Waals surface area contributed by atoms with Crippen LogP contribution in [0.25, 0.3) is 11.1 Å². The summed E-state index contributed by atoms with van der Waals surface area (Å²) in [6.45, 7) is 0. The largest absolute Gasteiger partial charge is 0.386 e. The molecule has 0 aliphatic rings. The van der Waals surface area contributed by atoms with Crippen LogP contribution in [0.4, 0.5) is 22.7 Å². The van der Waals surface area contributed by atoms with Gasteiger partial charge in [0.15, 0.2) is 0 Å². The fraction of sp³-hybridized carbons (Fsp3) is 0.0714. The van der Waals surface area contributed by atoms with E-state index in [1.807, 2.05) is 87.2 Å². The highest BCUT2D eigenvalue weighted by molar-refractivity contribution is 5.88. The van der Waals surface area contributed by atoms with E-state index < -0.39 is 0 Å². The summed E-state index contributed by atoms with van der Waals surface area (Å²) in [6.07, 6.45) is 3.78. The maximum atomic E-state index is 4.74. The zero-order valence-corrected chi connectivity index (χ0v) is 18.3. The zero-order valence-electron chi connectivity index (χ0n) is 18.3. The topological polar surface area (TPSA) is 48.8 Å². The molecular weight excluding hydrogens is 392 g/mol. The van der Waals surface area contributed by atoms with Crippen LogP contribution in [0.5, 0.6) is 0 Å². The molecule has 32 heavy (non-hydrogen) atoms. The van der Waals surface area contributed by atoms with Crippen molar-refractivity contribution in [2.75, 3.05) is 24.7 Å². The van der Waals surface area contributed by atoms with Gasteiger partial charge in [-0.3, -0.25) is 9.98 Å². The quantitative estimate of drug-likeness (QED) is 0.319. The summed E-state index contributed by atoms with van der Waals surface area (Å²) in [6, 6.07) is 32.8. The molecular formula is C28H26N4. The number of aliphatic imine (C=N–C) groups is 2. The van der Waals surface area contributed by atoms with E-state index in [4.69, 9.17) is 9.98 Å². The minimum atomic E-state index is 0.890. The Morgan fingerprint density at radius 3 is 1.31 bits per heavy atom. The lowest BCUT2D eigenvalue weighted by Gasteiger charge is -2.11. The highest BCUT2D eigenvalue weighted by Gasteiger charge is 2.07. The van der Waals surface area contributed by atoms with Gasteiger partial charge in [-0.15, -0.1) is 0 Å². The Hall–Kier alpha value is -4.18. The van der Waals surface area contributed by atoms with Crippen molar-refractivity contribution in [2.45, 2.75) is 0 Å². The van der Waals surface area contributed by atoms with Crippen molar-refractivity contribution in [2.24, 2.45) is 9.98 Å². The Morgan fingerprint density at radius 1 is 0.531 bits per heavy atom. The third-order valence-electron chi connectivity index (χ3n) is 5.17. The molecule has 0 aliphatic heterocycles. The summed E-state index contributed by atoms with van der Waals surface area (Å²) in [5.74, 6) is 0. The van der Waals surface area contributed by atoms with Gasteiger partial charge in [0.05, 0.1) is 22.7 Å². The summed E-state index contributed by atoms with van der Waals surface area (Å²) in [4.78, 5) is 9.47.